The van der Waals surface area contributed by atoms with Gasteiger partial charge in [0.25, 0.3) is 0 Å². The molecule has 58 heavy (non-hydrogen) atoms. The minimum Gasteiger partial charge on any atom is -0.456 e. The summed E-state index contributed by atoms with van der Waals surface area (Å²) in [6.45, 7) is 0. The number of rotatable bonds is 5. The Bertz CT molecular complexity index is 3300. The van der Waals surface area contributed by atoms with Crippen LogP contribution >= 0.6 is 0 Å². The van der Waals surface area contributed by atoms with Gasteiger partial charge in [-0.25, -0.2) is 9.97 Å². The summed E-state index contributed by atoms with van der Waals surface area (Å²) in [6.07, 6.45) is 0. The van der Waals surface area contributed by atoms with E-state index in [9.17, 15) is 0 Å². The van der Waals surface area contributed by atoms with Crippen LogP contribution in [0.1, 0.15) is 22.6 Å². The van der Waals surface area contributed by atoms with E-state index in [1.807, 2.05) is 18.2 Å². The van der Waals surface area contributed by atoms with Crippen LogP contribution in [0.15, 0.2) is 205 Å². The fourth-order valence-electron chi connectivity index (χ4n) is 9.12. The fourth-order valence-corrected chi connectivity index (χ4v) is 9.12. The Morgan fingerprint density at radius 3 is 1.45 bits per heavy atom. The number of benzene rings is 8. The maximum absolute atomic E-state index is 7.00. The van der Waals surface area contributed by atoms with Crippen molar-refractivity contribution in [3.05, 3.63) is 217 Å². The Labute approximate surface area is 335 Å². The molecule has 0 bridgehead atoms. The second kappa shape index (κ2) is 13.0. The van der Waals surface area contributed by atoms with Crippen molar-refractivity contribution in [1.82, 2.24) is 9.97 Å². The predicted molar refractivity (Wildman–Crippen MR) is 239 cm³/mol. The average Bonchev–Trinajstić information content (AvgIpc) is 3.84. The first-order valence-corrected chi connectivity index (χ1v) is 19.8. The molecule has 3 heterocycles. The summed E-state index contributed by atoms with van der Waals surface area (Å²) in [7, 11) is 0. The zero-order valence-corrected chi connectivity index (χ0v) is 31.4. The topological polar surface area (TPSA) is 38.9 Å². The maximum atomic E-state index is 7.00. The Kier molecular flexibility index (Phi) is 7.29. The van der Waals surface area contributed by atoms with E-state index in [1.54, 1.807) is 0 Å². The van der Waals surface area contributed by atoms with Crippen molar-refractivity contribution in [1.29, 1.82) is 0 Å². The number of nitrogens with zero attached hydrogens (tertiary/aromatic N) is 2. The van der Waals surface area contributed by atoms with E-state index >= 15 is 0 Å². The molecular weight excluding hydrogens is 705 g/mol. The van der Waals surface area contributed by atoms with Crippen LogP contribution in [0.5, 0.6) is 0 Å². The molecule has 3 nitrogen and oxygen atoms in total. The van der Waals surface area contributed by atoms with E-state index < -0.39 is 0 Å². The van der Waals surface area contributed by atoms with Crippen LogP contribution in [0, 0.1) is 0 Å². The molecule has 1 aliphatic carbocycles. The van der Waals surface area contributed by atoms with Gasteiger partial charge in [0.2, 0.25) is 0 Å². The molecular formula is C55H34N2O. The minimum atomic E-state index is -0.00947. The molecule has 0 N–H and O–H groups in total. The molecule has 0 unspecified atom stereocenters. The van der Waals surface area contributed by atoms with Crippen LogP contribution in [0.4, 0.5) is 0 Å². The van der Waals surface area contributed by atoms with E-state index in [-0.39, 0.29) is 5.92 Å². The first-order valence-electron chi connectivity index (χ1n) is 19.8. The van der Waals surface area contributed by atoms with Gasteiger partial charge in [-0.3, -0.25) is 0 Å². The molecule has 0 aliphatic heterocycles. The Morgan fingerprint density at radius 2 is 0.862 bits per heavy atom. The average molecular weight is 739 g/mol. The monoisotopic (exact) mass is 738 g/mol. The lowest BCUT2D eigenvalue weighted by Crippen LogP contribution is -2.00. The highest BCUT2D eigenvalue weighted by Crippen LogP contribution is 2.52. The molecule has 0 spiro atoms. The van der Waals surface area contributed by atoms with Gasteiger partial charge in [-0.2, -0.15) is 0 Å². The zero-order valence-electron chi connectivity index (χ0n) is 31.4. The standard InChI is InChI=1S/C55H34N2O/c1-4-11-34(12-5-1)39-21-26-42-43-27-22-40(35-13-6-2-7-14-35)32-48(43)52(47(42)31-39)46-18-10-17-45-44-28-23-41(33-51(44)58-55(45)46)50-30-25-38-20-19-37-24-29-49(36-15-8-3-9-16-36)56-53(37)54(38)57-50/h1-33,52H. The fraction of sp³-hybridized carbons (Fsp3) is 0.0182. The Hall–Kier alpha value is -7.62. The van der Waals surface area contributed by atoms with Crippen molar-refractivity contribution in [3.63, 3.8) is 0 Å². The van der Waals surface area contributed by atoms with Crippen molar-refractivity contribution in [2.45, 2.75) is 5.92 Å². The highest BCUT2D eigenvalue weighted by molar-refractivity contribution is 6.08. The summed E-state index contributed by atoms with van der Waals surface area (Å²) in [5.41, 5.74) is 18.6. The van der Waals surface area contributed by atoms with Crippen LogP contribution < -0.4 is 0 Å². The van der Waals surface area contributed by atoms with Gasteiger partial charge in [0.15, 0.2) is 0 Å². The van der Waals surface area contributed by atoms with Gasteiger partial charge < -0.3 is 4.42 Å². The number of fused-ring (bicyclic) bond motifs is 9. The molecule has 0 saturated carbocycles. The molecule has 8 aromatic carbocycles. The highest BCUT2D eigenvalue weighted by Gasteiger charge is 2.33. The van der Waals surface area contributed by atoms with Crippen LogP contribution in [-0.2, 0) is 0 Å². The number of hydrogen-bond donors (Lipinski definition) is 0. The largest absolute Gasteiger partial charge is 0.456 e. The number of furan rings is 1. The molecule has 12 rings (SSSR count). The minimum absolute atomic E-state index is 0.00947. The van der Waals surface area contributed by atoms with E-state index in [4.69, 9.17) is 14.4 Å². The van der Waals surface area contributed by atoms with Crippen molar-refractivity contribution >= 4 is 43.7 Å². The van der Waals surface area contributed by atoms with Crippen LogP contribution in [0.25, 0.3) is 99.6 Å². The molecule has 11 aromatic rings. The van der Waals surface area contributed by atoms with E-state index in [0.29, 0.717) is 0 Å². The van der Waals surface area contributed by atoms with Gasteiger partial charge in [0, 0.05) is 44.2 Å². The number of pyridine rings is 2. The van der Waals surface area contributed by atoms with Crippen LogP contribution in [0.3, 0.4) is 0 Å². The molecule has 0 saturated heterocycles. The first-order chi connectivity index (χ1) is 28.7. The first kappa shape index (κ1) is 32.6. The summed E-state index contributed by atoms with van der Waals surface area (Å²) < 4.78 is 7.00. The van der Waals surface area contributed by atoms with Gasteiger partial charge in [-0.05, 0) is 80.9 Å². The molecule has 3 heteroatoms. The molecule has 270 valence electrons. The van der Waals surface area contributed by atoms with Gasteiger partial charge in [0.05, 0.1) is 22.4 Å². The summed E-state index contributed by atoms with van der Waals surface area (Å²) >= 11 is 0. The summed E-state index contributed by atoms with van der Waals surface area (Å²) in [6, 6.07) is 71.5. The smallest absolute Gasteiger partial charge is 0.139 e. The molecule has 0 radical (unpaired) electrons. The third kappa shape index (κ3) is 5.21. The molecule has 3 aromatic heterocycles. The second-order valence-electron chi connectivity index (χ2n) is 15.3. The van der Waals surface area contributed by atoms with Crippen molar-refractivity contribution < 1.29 is 4.42 Å². The lowest BCUT2D eigenvalue weighted by atomic mass is 9.86. The summed E-state index contributed by atoms with van der Waals surface area (Å²) in [5.74, 6) is -0.00947. The van der Waals surface area contributed by atoms with Gasteiger partial charge in [0.1, 0.15) is 11.2 Å². The van der Waals surface area contributed by atoms with E-state index in [0.717, 1.165) is 66.3 Å². The predicted octanol–water partition coefficient (Wildman–Crippen LogP) is 14.5. The van der Waals surface area contributed by atoms with Gasteiger partial charge in [-0.1, -0.05) is 164 Å². The number of hydrogen-bond acceptors (Lipinski definition) is 3. The van der Waals surface area contributed by atoms with Crippen molar-refractivity contribution in [2.75, 3.05) is 0 Å². The van der Waals surface area contributed by atoms with Gasteiger partial charge >= 0.3 is 0 Å². The quantitative estimate of drug-likeness (QED) is 0.165. The number of aromatic nitrogens is 2. The van der Waals surface area contributed by atoms with Crippen molar-refractivity contribution in [2.24, 2.45) is 0 Å². The Morgan fingerprint density at radius 1 is 0.345 bits per heavy atom. The van der Waals surface area contributed by atoms with Gasteiger partial charge in [-0.15, -0.1) is 0 Å². The second-order valence-corrected chi connectivity index (χ2v) is 15.3. The Balaban J connectivity index is 1.01. The van der Waals surface area contributed by atoms with Crippen LogP contribution in [0.2, 0.25) is 0 Å². The normalized spacial score (nSPS) is 12.4. The van der Waals surface area contributed by atoms with Crippen LogP contribution in [-0.4, -0.2) is 9.97 Å². The summed E-state index contributed by atoms with van der Waals surface area (Å²) in [4.78, 5) is 10.4. The maximum Gasteiger partial charge on any atom is 0.139 e. The highest BCUT2D eigenvalue weighted by atomic mass is 16.3. The van der Waals surface area contributed by atoms with E-state index in [2.05, 4.69) is 182 Å². The SMILES string of the molecule is c1ccc(-c2ccc3c(c2)C(c2cccc4c2oc2cc(-c5ccc6ccc7ccc(-c8ccccc8)nc7c6n5)ccc24)c2cc(-c4ccccc4)ccc2-3)cc1. The molecule has 0 atom stereocenters. The lowest BCUT2D eigenvalue weighted by molar-refractivity contribution is 0.661. The third-order valence-electron chi connectivity index (χ3n) is 12.0. The summed E-state index contributed by atoms with van der Waals surface area (Å²) in [5, 5.41) is 4.34. The zero-order chi connectivity index (χ0) is 38.2. The molecule has 0 amide bonds. The van der Waals surface area contributed by atoms with Crippen molar-refractivity contribution in [3.8, 4) is 55.9 Å². The third-order valence-corrected chi connectivity index (χ3v) is 12.0. The number of para-hydroxylation sites is 1. The molecule has 1 aliphatic rings. The van der Waals surface area contributed by atoms with E-state index in [1.165, 1.54) is 50.1 Å². The molecule has 0 fully saturated rings. The lowest BCUT2D eigenvalue weighted by Gasteiger charge is -2.17.